The Morgan fingerprint density at radius 2 is 1.46 bits per heavy atom. The maximum absolute atomic E-state index is 13.1. The zero-order valence-corrected chi connectivity index (χ0v) is 13.2. The van der Waals surface area contributed by atoms with E-state index in [9.17, 15) is 4.79 Å². The molecule has 24 heavy (non-hydrogen) atoms. The van der Waals surface area contributed by atoms with Crippen LogP contribution in [0.4, 0.5) is 0 Å². The summed E-state index contributed by atoms with van der Waals surface area (Å²) in [5, 5.41) is 4.73. The van der Waals surface area contributed by atoms with Crippen LogP contribution < -0.4 is 5.43 Å². The van der Waals surface area contributed by atoms with Crippen LogP contribution in [0.5, 0.6) is 0 Å². The van der Waals surface area contributed by atoms with Gasteiger partial charge >= 0.3 is 0 Å². The average Bonchev–Trinajstić information content (AvgIpc) is 2.64. The zero-order chi connectivity index (χ0) is 16.3. The average molecular weight is 310 g/mol. The number of hydrogen-bond acceptors (Lipinski definition) is 2. The molecule has 5 aromatic rings. The van der Waals surface area contributed by atoms with Crippen LogP contribution in [0, 0.1) is 0 Å². The van der Waals surface area contributed by atoms with Crippen LogP contribution in [-0.2, 0) is 7.05 Å². The number of aromatic nitrogens is 2. The molecule has 0 amide bonds. The van der Waals surface area contributed by atoms with Gasteiger partial charge in [-0.15, -0.1) is 0 Å². The molecule has 0 spiro atoms. The van der Waals surface area contributed by atoms with E-state index in [1.807, 2.05) is 55.6 Å². The largest absolute Gasteiger partial charge is 0.342 e. The summed E-state index contributed by atoms with van der Waals surface area (Å²) in [4.78, 5) is 17.5. The lowest BCUT2D eigenvalue weighted by molar-refractivity contribution is 1.01. The second kappa shape index (κ2) is 4.65. The third kappa shape index (κ3) is 1.61. The molecule has 0 saturated heterocycles. The highest BCUT2D eigenvalue weighted by Crippen LogP contribution is 2.29. The Morgan fingerprint density at radius 1 is 0.750 bits per heavy atom. The van der Waals surface area contributed by atoms with Gasteiger partial charge in [0.25, 0.3) is 0 Å². The van der Waals surface area contributed by atoms with E-state index in [0.29, 0.717) is 0 Å². The first-order valence-electron chi connectivity index (χ1n) is 7.93. The summed E-state index contributed by atoms with van der Waals surface area (Å²) in [6.07, 6.45) is 1.78. The summed E-state index contributed by atoms with van der Waals surface area (Å²) in [5.74, 6) is 0. The zero-order valence-electron chi connectivity index (χ0n) is 13.2. The van der Waals surface area contributed by atoms with Gasteiger partial charge in [-0.2, -0.15) is 0 Å². The first-order valence-corrected chi connectivity index (χ1v) is 7.93. The second-order valence-corrected chi connectivity index (χ2v) is 6.10. The van der Waals surface area contributed by atoms with Gasteiger partial charge in [-0.25, -0.2) is 0 Å². The van der Waals surface area contributed by atoms with Crippen molar-refractivity contribution in [2.45, 2.75) is 0 Å². The minimum absolute atomic E-state index is 0.0783. The molecular weight excluding hydrogens is 296 g/mol. The van der Waals surface area contributed by atoms with E-state index < -0.39 is 0 Å². The molecule has 5 rings (SSSR count). The summed E-state index contributed by atoms with van der Waals surface area (Å²) in [6, 6.07) is 19.9. The maximum atomic E-state index is 13.1. The molecule has 0 N–H and O–H groups in total. The molecule has 0 bridgehead atoms. The predicted octanol–water partition coefficient (Wildman–Crippen LogP) is 4.39. The fourth-order valence-corrected chi connectivity index (χ4v) is 3.74. The lowest BCUT2D eigenvalue weighted by atomic mass is 10.0. The highest BCUT2D eigenvalue weighted by atomic mass is 16.1. The van der Waals surface area contributed by atoms with Crippen LogP contribution in [0.25, 0.3) is 43.5 Å². The van der Waals surface area contributed by atoms with Crippen molar-refractivity contribution in [3.8, 4) is 0 Å². The Kier molecular flexibility index (Phi) is 2.57. The van der Waals surface area contributed by atoms with Crippen molar-refractivity contribution in [3.05, 3.63) is 77.1 Å². The highest BCUT2D eigenvalue weighted by Gasteiger charge is 2.13. The van der Waals surface area contributed by atoms with Gasteiger partial charge in [0.05, 0.1) is 16.6 Å². The van der Waals surface area contributed by atoms with Crippen molar-refractivity contribution in [1.29, 1.82) is 0 Å². The molecule has 0 aliphatic carbocycles. The van der Waals surface area contributed by atoms with Crippen LogP contribution in [0.3, 0.4) is 0 Å². The van der Waals surface area contributed by atoms with Crippen molar-refractivity contribution in [2.24, 2.45) is 7.05 Å². The minimum Gasteiger partial charge on any atom is -0.342 e. The lowest BCUT2D eigenvalue weighted by Gasteiger charge is -2.14. The van der Waals surface area contributed by atoms with Crippen LogP contribution in [0.1, 0.15) is 0 Å². The third-order valence-electron chi connectivity index (χ3n) is 4.82. The third-order valence-corrected chi connectivity index (χ3v) is 4.82. The molecule has 2 aromatic heterocycles. The van der Waals surface area contributed by atoms with E-state index in [2.05, 4.69) is 21.7 Å². The first-order chi connectivity index (χ1) is 11.8. The van der Waals surface area contributed by atoms with E-state index in [4.69, 9.17) is 0 Å². The van der Waals surface area contributed by atoms with Gasteiger partial charge < -0.3 is 4.57 Å². The van der Waals surface area contributed by atoms with Crippen LogP contribution in [0.15, 0.2) is 71.7 Å². The van der Waals surface area contributed by atoms with E-state index in [-0.39, 0.29) is 5.43 Å². The van der Waals surface area contributed by atoms with E-state index in [1.165, 1.54) is 0 Å². The van der Waals surface area contributed by atoms with Gasteiger partial charge in [-0.1, -0.05) is 30.3 Å². The van der Waals surface area contributed by atoms with Crippen molar-refractivity contribution < 1.29 is 0 Å². The number of fused-ring (bicyclic) bond motifs is 6. The van der Waals surface area contributed by atoms with Crippen LogP contribution in [-0.4, -0.2) is 9.55 Å². The van der Waals surface area contributed by atoms with Gasteiger partial charge in [0.15, 0.2) is 5.43 Å². The maximum Gasteiger partial charge on any atom is 0.197 e. The summed E-state index contributed by atoms with van der Waals surface area (Å²) in [7, 11) is 2.03. The van der Waals surface area contributed by atoms with Crippen molar-refractivity contribution in [1.82, 2.24) is 9.55 Å². The molecule has 0 radical (unpaired) electrons. The summed E-state index contributed by atoms with van der Waals surface area (Å²) in [5.41, 5.74) is 2.89. The number of pyridine rings is 2. The topological polar surface area (TPSA) is 34.9 Å². The Hall–Kier alpha value is -3.20. The molecule has 0 saturated carbocycles. The first kappa shape index (κ1) is 13.3. The number of benzene rings is 3. The molecule has 2 heterocycles. The van der Waals surface area contributed by atoms with Crippen LogP contribution >= 0.6 is 0 Å². The number of aryl methyl sites for hydroxylation is 1. The molecule has 0 aliphatic heterocycles. The smallest absolute Gasteiger partial charge is 0.197 e. The Bertz CT molecular complexity index is 1230. The molecular formula is C21H14N2O. The van der Waals surface area contributed by atoms with Gasteiger partial charge in [0.1, 0.15) is 0 Å². The normalized spacial score (nSPS) is 11.7. The van der Waals surface area contributed by atoms with Gasteiger partial charge in [-0.05, 0) is 35.7 Å². The molecule has 3 nitrogen and oxygen atoms in total. The molecule has 0 aliphatic rings. The number of nitrogens with zero attached hydrogens (tertiary/aromatic N) is 2. The summed E-state index contributed by atoms with van der Waals surface area (Å²) < 4.78 is 2.14. The molecule has 3 aromatic carbocycles. The van der Waals surface area contributed by atoms with E-state index in [0.717, 1.165) is 43.5 Å². The SMILES string of the molecule is Cn1c2c(ccc3ccccc32)c(=O)c2ccc3ncccc3c21. The molecule has 0 fully saturated rings. The molecule has 3 heteroatoms. The quantitative estimate of drug-likeness (QED) is 0.314. The lowest BCUT2D eigenvalue weighted by Crippen LogP contribution is -2.10. The summed E-state index contributed by atoms with van der Waals surface area (Å²) >= 11 is 0. The van der Waals surface area contributed by atoms with Gasteiger partial charge in [0, 0.05) is 34.8 Å². The standard InChI is InChI=1S/C21H14N2O/c1-23-19-14-6-3-2-5-13(14)8-9-16(19)21(24)17-10-11-18-15(20(17)23)7-4-12-22-18/h2-12H,1H3. The van der Waals surface area contributed by atoms with Crippen molar-refractivity contribution in [2.75, 3.05) is 0 Å². The molecule has 0 atom stereocenters. The van der Waals surface area contributed by atoms with Gasteiger partial charge in [-0.3, -0.25) is 9.78 Å². The number of hydrogen-bond donors (Lipinski definition) is 0. The Balaban J connectivity index is 2.18. The van der Waals surface area contributed by atoms with Crippen molar-refractivity contribution >= 4 is 43.5 Å². The monoisotopic (exact) mass is 310 g/mol. The fraction of sp³-hybridized carbons (Fsp3) is 0.0476. The minimum atomic E-state index is 0.0783. The Labute approximate surface area is 137 Å². The van der Waals surface area contributed by atoms with E-state index in [1.54, 1.807) is 6.20 Å². The van der Waals surface area contributed by atoms with E-state index >= 15 is 0 Å². The van der Waals surface area contributed by atoms with Crippen LogP contribution in [0.2, 0.25) is 0 Å². The molecule has 114 valence electrons. The molecule has 0 unspecified atom stereocenters. The van der Waals surface area contributed by atoms with Gasteiger partial charge in [0.2, 0.25) is 0 Å². The predicted molar refractivity (Wildman–Crippen MR) is 99.5 cm³/mol. The fourth-order valence-electron chi connectivity index (χ4n) is 3.74. The second-order valence-electron chi connectivity index (χ2n) is 6.10. The number of rotatable bonds is 0. The summed E-state index contributed by atoms with van der Waals surface area (Å²) in [6.45, 7) is 0. The Morgan fingerprint density at radius 3 is 2.33 bits per heavy atom. The highest BCUT2D eigenvalue weighted by molar-refractivity contribution is 6.13. The van der Waals surface area contributed by atoms with Crippen molar-refractivity contribution in [3.63, 3.8) is 0 Å².